The molecule has 28 heavy (non-hydrogen) atoms. The van der Waals surface area contributed by atoms with Crippen molar-refractivity contribution in [3.63, 3.8) is 0 Å². The van der Waals surface area contributed by atoms with E-state index >= 15 is 0 Å². The molecule has 1 atom stereocenters. The van der Waals surface area contributed by atoms with Crippen molar-refractivity contribution in [1.29, 1.82) is 0 Å². The zero-order valence-corrected chi connectivity index (χ0v) is 16.7. The molecule has 0 bridgehead atoms. The molecular formula is C22H28N2O4. The Morgan fingerprint density at radius 3 is 2.32 bits per heavy atom. The van der Waals surface area contributed by atoms with Gasteiger partial charge in [-0.1, -0.05) is 42.5 Å². The number of amides is 2. The molecule has 0 heterocycles. The number of methoxy groups -OCH3 is 1. The van der Waals surface area contributed by atoms with Crippen LogP contribution in [0.4, 0.5) is 0 Å². The molecule has 1 N–H and O–H groups in total. The maximum Gasteiger partial charge on any atom is 0.261 e. The average Bonchev–Trinajstić information content (AvgIpc) is 2.73. The number of para-hydroxylation sites is 2. The lowest BCUT2D eigenvalue weighted by molar-refractivity contribution is -0.141. The van der Waals surface area contributed by atoms with Gasteiger partial charge in [-0.25, -0.2) is 0 Å². The number of hydrogen-bond donors (Lipinski definition) is 1. The first-order valence-electron chi connectivity index (χ1n) is 9.43. The molecule has 2 aromatic rings. The fourth-order valence-electron chi connectivity index (χ4n) is 2.85. The molecular weight excluding hydrogens is 356 g/mol. The molecule has 150 valence electrons. The van der Waals surface area contributed by atoms with Gasteiger partial charge >= 0.3 is 0 Å². The van der Waals surface area contributed by atoms with Crippen LogP contribution in [0.1, 0.15) is 19.4 Å². The van der Waals surface area contributed by atoms with Crippen LogP contribution in [0.2, 0.25) is 0 Å². The van der Waals surface area contributed by atoms with E-state index in [4.69, 9.17) is 9.47 Å². The second kappa shape index (κ2) is 11.0. The number of carbonyl (C=O) groups excluding carboxylic acids is 2. The summed E-state index contributed by atoms with van der Waals surface area (Å²) in [4.78, 5) is 26.7. The Kier molecular flexibility index (Phi) is 8.34. The van der Waals surface area contributed by atoms with Crippen LogP contribution in [0, 0.1) is 0 Å². The smallest absolute Gasteiger partial charge is 0.261 e. The van der Waals surface area contributed by atoms with E-state index < -0.39 is 6.04 Å². The molecule has 2 rings (SSSR count). The molecule has 0 saturated carbocycles. The van der Waals surface area contributed by atoms with E-state index in [-0.39, 0.29) is 18.4 Å². The van der Waals surface area contributed by atoms with Gasteiger partial charge in [-0.05, 0) is 38.0 Å². The predicted molar refractivity (Wildman–Crippen MR) is 108 cm³/mol. The van der Waals surface area contributed by atoms with E-state index in [0.29, 0.717) is 31.0 Å². The Labute approximate surface area is 166 Å². The van der Waals surface area contributed by atoms with Crippen molar-refractivity contribution < 1.29 is 19.1 Å². The summed E-state index contributed by atoms with van der Waals surface area (Å²) in [5.74, 6) is 0.622. The molecule has 0 spiro atoms. The normalized spacial score (nSPS) is 11.4. The fraction of sp³-hybridized carbons (Fsp3) is 0.364. The van der Waals surface area contributed by atoms with Crippen molar-refractivity contribution in [2.24, 2.45) is 0 Å². The minimum absolute atomic E-state index is 0.168. The van der Waals surface area contributed by atoms with E-state index in [1.165, 1.54) is 0 Å². The van der Waals surface area contributed by atoms with Crippen LogP contribution in [0.15, 0.2) is 54.6 Å². The number of nitrogens with zero attached hydrogens (tertiary/aromatic N) is 1. The summed E-state index contributed by atoms with van der Waals surface area (Å²) in [6, 6.07) is 16.4. The van der Waals surface area contributed by atoms with E-state index in [2.05, 4.69) is 5.32 Å². The number of rotatable bonds is 10. The van der Waals surface area contributed by atoms with Gasteiger partial charge in [0.1, 0.15) is 6.04 Å². The third-order valence-corrected chi connectivity index (χ3v) is 4.42. The van der Waals surface area contributed by atoms with Gasteiger partial charge in [0.05, 0.1) is 7.11 Å². The Morgan fingerprint density at radius 2 is 1.68 bits per heavy atom. The molecule has 0 aliphatic heterocycles. The van der Waals surface area contributed by atoms with Gasteiger partial charge in [0, 0.05) is 13.1 Å². The molecule has 0 radical (unpaired) electrons. The molecule has 0 aromatic heterocycles. The largest absolute Gasteiger partial charge is 0.493 e. The standard InChI is InChI=1S/C22H28N2O4/c1-4-23-22(26)17(2)24(15-14-18-10-6-5-7-11-18)21(25)16-28-20-13-9-8-12-19(20)27-3/h5-13,17H,4,14-16H2,1-3H3,(H,23,26). The topological polar surface area (TPSA) is 67.9 Å². The highest BCUT2D eigenvalue weighted by molar-refractivity contribution is 5.88. The van der Waals surface area contributed by atoms with Gasteiger partial charge in [0.15, 0.2) is 18.1 Å². The molecule has 1 unspecified atom stereocenters. The van der Waals surface area contributed by atoms with Crippen LogP contribution in [0.3, 0.4) is 0 Å². The third-order valence-electron chi connectivity index (χ3n) is 4.42. The summed E-state index contributed by atoms with van der Waals surface area (Å²) in [5.41, 5.74) is 1.11. The SMILES string of the molecule is CCNC(=O)C(C)N(CCc1ccccc1)C(=O)COc1ccccc1OC. The quantitative estimate of drug-likeness (QED) is 0.684. The zero-order valence-electron chi connectivity index (χ0n) is 16.7. The number of ether oxygens (including phenoxy) is 2. The van der Waals surface area contributed by atoms with Crippen molar-refractivity contribution >= 4 is 11.8 Å². The van der Waals surface area contributed by atoms with Gasteiger partial charge in [0.2, 0.25) is 5.91 Å². The lowest BCUT2D eigenvalue weighted by atomic mass is 10.1. The van der Waals surface area contributed by atoms with Gasteiger partial charge in [-0.15, -0.1) is 0 Å². The van der Waals surface area contributed by atoms with Crippen LogP contribution in [-0.2, 0) is 16.0 Å². The summed E-state index contributed by atoms with van der Waals surface area (Å²) in [6.45, 7) is 4.36. The Morgan fingerprint density at radius 1 is 1.04 bits per heavy atom. The Bertz CT molecular complexity index is 764. The highest BCUT2D eigenvalue weighted by Gasteiger charge is 2.26. The van der Waals surface area contributed by atoms with Gasteiger partial charge in [0.25, 0.3) is 5.91 Å². The monoisotopic (exact) mass is 384 g/mol. The van der Waals surface area contributed by atoms with E-state index in [1.54, 1.807) is 31.1 Å². The molecule has 0 aliphatic carbocycles. The third kappa shape index (κ3) is 6.01. The van der Waals surface area contributed by atoms with Crippen LogP contribution < -0.4 is 14.8 Å². The minimum Gasteiger partial charge on any atom is -0.493 e. The molecule has 6 nitrogen and oxygen atoms in total. The van der Waals surface area contributed by atoms with Crippen molar-refractivity contribution in [1.82, 2.24) is 10.2 Å². The number of hydrogen-bond acceptors (Lipinski definition) is 4. The number of benzene rings is 2. The lowest BCUT2D eigenvalue weighted by Gasteiger charge is -2.28. The average molecular weight is 384 g/mol. The highest BCUT2D eigenvalue weighted by atomic mass is 16.5. The second-order valence-corrected chi connectivity index (χ2v) is 6.33. The van der Waals surface area contributed by atoms with Crippen LogP contribution in [-0.4, -0.2) is 49.6 Å². The fourth-order valence-corrected chi connectivity index (χ4v) is 2.85. The summed E-state index contributed by atoms with van der Waals surface area (Å²) < 4.78 is 10.9. The molecule has 6 heteroatoms. The van der Waals surface area contributed by atoms with Crippen molar-refractivity contribution in [2.75, 3.05) is 26.8 Å². The highest BCUT2D eigenvalue weighted by Crippen LogP contribution is 2.25. The first-order valence-corrected chi connectivity index (χ1v) is 9.43. The molecule has 2 aromatic carbocycles. The van der Waals surface area contributed by atoms with Gasteiger partial charge in [-0.2, -0.15) is 0 Å². The van der Waals surface area contributed by atoms with Crippen molar-refractivity contribution in [3.8, 4) is 11.5 Å². The molecule has 2 amide bonds. The molecule has 0 aliphatic rings. The maximum atomic E-state index is 12.9. The van der Waals surface area contributed by atoms with Crippen LogP contribution in [0.25, 0.3) is 0 Å². The first kappa shape index (κ1) is 21.3. The second-order valence-electron chi connectivity index (χ2n) is 6.33. The van der Waals surface area contributed by atoms with E-state index in [9.17, 15) is 9.59 Å². The van der Waals surface area contributed by atoms with Crippen molar-refractivity contribution in [3.05, 3.63) is 60.2 Å². The molecule has 0 saturated heterocycles. The number of nitrogens with one attached hydrogen (secondary N) is 1. The minimum atomic E-state index is -0.586. The Balaban J connectivity index is 2.07. The van der Waals surface area contributed by atoms with Crippen LogP contribution >= 0.6 is 0 Å². The first-order chi connectivity index (χ1) is 13.6. The van der Waals surface area contributed by atoms with Gasteiger partial charge < -0.3 is 19.7 Å². The van der Waals surface area contributed by atoms with E-state index in [0.717, 1.165) is 5.56 Å². The zero-order chi connectivity index (χ0) is 20.4. The summed E-state index contributed by atoms with van der Waals surface area (Å²) in [5, 5.41) is 2.78. The number of carbonyl (C=O) groups is 2. The number of likely N-dealkylation sites (N-methyl/N-ethyl adjacent to an activating group) is 1. The summed E-state index contributed by atoms with van der Waals surface area (Å²) in [7, 11) is 1.55. The van der Waals surface area contributed by atoms with E-state index in [1.807, 2.05) is 49.4 Å². The maximum absolute atomic E-state index is 12.9. The lowest BCUT2D eigenvalue weighted by Crippen LogP contribution is -2.50. The Hall–Kier alpha value is -3.02. The van der Waals surface area contributed by atoms with Crippen molar-refractivity contribution in [2.45, 2.75) is 26.3 Å². The molecule has 0 fully saturated rings. The van der Waals surface area contributed by atoms with Gasteiger partial charge in [-0.3, -0.25) is 9.59 Å². The summed E-state index contributed by atoms with van der Waals surface area (Å²) >= 11 is 0. The summed E-state index contributed by atoms with van der Waals surface area (Å²) in [6.07, 6.45) is 0.658. The predicted octanol–water partition coefficient (Wildman–Crippen LogP) is 2.67. The van der Waals surface area contributed by atoms with Crippen LogP contribution in [0.5, 0.6) is 11.5 Å².